The second-order valence-electron chi connectivity index (χ2n) is 7.30. The summed E-state index contributed by atoms with van der Waals surface area (Å²) in [5.74, 6) is 1.19. The van der Waals surface area contributed by atoms with Crippen molar-refractivity contribution in [3.63, 3.8) is 0 Å². The quantitative estimate of drug-likeness (QED) is 0.495. The number of hydrogen-bond donors (Lipinski definition) is 0. The van der Waals surface area contributed by atoms with Crippen LogP contribution in [0.15, 0.2) is 23.4 Å². The molecule has 0 saturated carbocycles. The molecule has 134 valence electrons. The van der Waals surface area contributed by atoms with Crippen LogP contribution in [0.1, 0.15) is 32.3 Å². The first-order valence-corrected chi connectivity index (χ1v) is 13.9. The highest BCUT2D eigenvalue weighted by Crippen LogP contribution is 2.30. The first-order chi connectivity index (χ1) is 11.5. The van der Waals surface area contributed by atoms with Crippen molar-refractivity contribution in [3.8, 4) is 0 Å². The number of hydrogen-bond acceptors (Lipinski definition) is 3. The molecular weight excluding hydrogens is 332 g/mol. The van der Waals surface area contributed by atoms with Crippen molar-refractivity contribution in [1.29, 1.82) is 0 Å². The van der Waals surface area contributed by atoms with Gasteiger partial charge in [-0.1, -0.05) is 33.5 Å². The van der Waals surface area contributed by atoms with E-state index in [0.29, 0.717) is 6.73 Å². The molecule has 3 nitrogen and oxygen atoms in total. The summed E-state index contributed by atoms with van der Waals surface area (Å²) in [6.07, 6.45) is 5.86. The third-order valence-electron chi connectivity index (χ3n) is 4.08. The van der Waals surface area contributed by atoms with Crippen LogP contribution in [0.25, 0.3) is 11.0 Å². The molecule has 0 amide bonds. The summed E-state index contributed by atoms with van der Waals surface area (Å²) >= 11 is 1.91. The zero-order valence-electron chi connectivity index (χ0n) is 15.9. The van der Waals surface area contributed by atoms with Gasteiger partial charge in [-0.2, -0.15) is 0 Å². The average Bonchev–Trinajstić information content (AvgIpc) is 2.78. The number of nitrogens with zero attached hydrogens (tertiary/aromatic N) is 2. The predicted molar refractivity (Wildman–Crippen MR) is 109 cm³/mol. The number of aryl methyl sites for hydroxylation is 1. The van der Waals surface area contributed by atoms with Gasteiger partial charge < -0.3 is 9.30 Å². The maximum absolute atomic E-state index is 5.88. The van der Waals surface area contributed by atoms with Crippen LogP contribution in [0.5, 0.6) is 0 Å². The van der Waals surface area contributed by atoms with E-state index in [9.17, 15) is 0 Å². The van der Waals surface area contributed by atoms with Gasteiger partial charge in [0.1, 0.15) is 17.4 Å². The van der Waals surface area contributed by atoms with E-state index in [1.165, 1.54) is 47.0 Å². The Kier molecular flexibility index (Phi) is 7.38. The van der Waals surface area contributed by atoms with Crippen LogP contribution >= 0.6 is 11.8 Å². The third kappa shape index (κ3) is 5.36. The zero-order valence-corrected chi connectivity index (χ0v) is 17.7. The molecule has 1 aliphatic rings. The highest BCUT2D eigenvalue weighted by atomic mass is 32.2. The summed E-state index contributed by atoms with van der Waals surface area (Å²) in [6, 6.07) is 5.71. The number of fused-ring (bicyclic) bond motifs is 2. The first-order valence-electron chi connectivity index (χ1n) is 9.22. The molecule has 24 heavy (non-hydrogen) atoms. The maximum Gasteiger partial charge on any atom is 0.143 e. The largest absolute Gasteiger partial charge is 0.361 e. The van der Waals surface area contributed by atoms with Crippen LogP contribution in [0.2, 0.25) is 25.7 Å². The van der Waals surface area contributed by atoms with Crippen LogP contribution in [-0.2, 0) is 17.9 Å². The van der Waals surface area contributed by atoms with E-state index in [1.807, 2.05) is 25.6 Å². The van der Waals surface area contributed by atoms with E-state index >= 15 is 0 Å². The molecule has 3 rings (SSSR count). The minimum Gasteiger partial charge on any atom is -0.361 e. The van der Waals surface area contributed by atoms with E-state index in [0.717, 1.165) is 12.3 Å². The van der Waals surface area contributed by atoms with Gasteiger partial charge in [-0.3, -0.25) is 0 Å². The van der Waals surface area contributed by atoms with E-state index in [1.54, 1.807) is 0 Å². The van der Waals surface area contributed by atoms with Crippen LogP contribution in [0, 0.1) is 0 Å². The Bertz CT molecular complexity index is 649. The molecule has 2 aromatic rings. The number of aromatic nitrogens is 2. The van der Waals surface area contributed by atoms with Crippen molar-refractivity contribution in [1.82, 2.24) is 9.55 Å². The number of ether oxygens (including phenoxy) is 1. The van der Waals surface area contributed by atoms with Gasteiger partial charge in [-0.05, 0) is 48.8 Å². The normalized spacial score (nSPS) is 14.7. The molecule has 0 N–H and O–H groups in total. The lowest BCUT2D eigenvalue weighted by molar-refractivity contribution is 0.0898. The molecule has 5 heteroatoms. The summed E-state index contributed by atoms with van der Waals surface area (Å²) < 4.78 is 8.03. The Morgan fingerprint density at radius 1 is 1.25 bits per heavy atom. The number of pyridine rings is 1. The second kappa shape index (κ2) is 9.06. The fourth-order valence-corrected chi connectivity index (χ4v) is 4.47. The van der Waals surface area contributed by atoms with Crippen LogP contribution in [-0.4, -0.2) is 30.0 Å². The third-order valence-corrected chi connectivity index (χ3v) is 6.91. The Hall–Kier alpha value is -0.783. The molecular formula is C19H32N2OSSi. The maximum atomic E-state index is 5.88. The van der Waals surface area contributed by atoms with E-state index in [4.69, 9.17) is 9.72 Å². The summed E-state index contributed by atoms with van der Waals surface area (Å²) in [7, 11) is -1.01. The molecule has 2 aromatic heterocycles. The Labute approximate surface area is 152 Å². The van der Waals surface area contributed by atoms with Gasteiger partial charge in [0.2, 0.25) is 0 Å². The topological polar surface area (TPSA) is 27.1 Å². The van der Waals surface area contributed by atoms with Gasteiger partial charge in [0.25, 0.3) is 0 Å². The fourth-order valence-electron chi connectivity index (χ4n) is 2.68. The van der Waals surface area contributed by atoms with Crippen molar-refractivity contribution in [3.05, 3.63) is 23.9 Å². The molecule has 0 aliphatic carbocycles. The molecule has 0 bridgehead atoms. The monoisotopic (exact) mass is 364 g/mol. The number of rotatable bonds is 5. The van der Waals surface area contributed by atoms with Crippen LogP contribution in [0.3, 0.4) is 0 Å². The van der Waals surface area contributed by atoms with Gasteiger partial charge in [0, 0.05) is 26.3 Å². The fraction of sp³-hybridized carbons (Fsp3) is 0.632. The highest BCUT2D eigenvalue weighted by Gasteiger charge is 2.14. The van der Waals surface area contributed by atoms with Crippen LogP contribution < -0.4 is 0 Å². The zero-order chi connectivity index (χ0) is 17.6. The van der Waals surface area contributed by atoms with Crippen molar-refractivity contribution in [2.24, 2.45) is 0 Å². The van der Waals surface area contributed by atoms with Gasteiger partial charge in [-0.15, -0.1) is 11.8 Å². The highest BCUT2D eigenvalue weighted by molar-refractivity contribution is 7.99. The van der Waals surface area contributed by atoms with Gasteiger partial charge >= 0.3 is 0 Å². The van der Waals surface area contributed by atoms with E-state index in [2.05, 4.69) is 42.5 Å². The molecule has 0 fully saturated rings. The van der Waals surface area contributed by atoms with Crippen molar-refractivity contribution in [2.45, 2.75) is 70.6 Å². The minimum atomic E-state index is -1.01. The lowest BCUT2D eigenvalue weighted by Crippen LogP contribution is -2.22. The lowest BCUT2D eigenvalue weighted by Gasteiger charge is -2.15. The van der Waals surface area contributed by atoms with E-state index < -0.39 is 8.07 Å². The standard InChI is InChI=1S/C17H26N2OSSi.C2H6/c1-22(2,3)11-9-20-13-19-8-7-14-12-15-6-4-5-10-21-17(15)18-16(14)19;1-2/h7-8,12H,4-6,9-11,13H2,1-3H3;1-2H3. The smallest absolute Gasteiger partial charge is 0.143 e. The van der Waals surface area contributed by atoms with Crippen LogP contribution in [0.4, 0.5) is 0 Å². The minimum absolute atomic E-state index is 0.616. The molecule has 0 atom stereocenters. The molecule has 3 heterocycles. The van der Waals surface area contributed by atoms with Gasteiger partial charge in [0.15, 0.2) is 0 Å². The van der Waals surface area contributed by atoms with Crippen molar-refractivity contribution >= 4 is 30.9 Å². The lowest BCUT2D eigenvalue weighted by atomic mass is 10.1. The Morgan fingerprint density at radius 3 is 2.79 bits per heavy atom. The first kappa shape index (κ1) is 19.5. The molecule has 0 saturated heterocycles. The Balaban J connectivity index is 0.00000100. The van der Waals surface area contributed by atoms with Gasteiger partial charge in [-0.25, -0.2) is 4.98 Å². The number of thioether (sulfide) groups is 1. The van der Waals surface area contributed by atoms with Crippen molar-refractivity contribution in [2.75, 3.05) is 12.4 Å². The molecule has 0 spiro atoms. The summed E-state index contributed by atoms with van der Waals surface area (Å²) in [5.41, 5.74) is 2.49. The SMILES string of the molecule is CC.C[Si](C)(C)CCOCn1ccc2cc3c(nc21)SCCCC3. The van der Waals surface area contributed by atoms with Gasteiger partial charge in [0.05, 0.1) is 0 Å². The molecule has 0 aromatic carbocycles. The summed E-state index contributed by atoms with van der Waals surface area (Å²) in [6.45, 7) is 12.6. The Morgan fingerprint density at radius 2 is 2.04 bits per heavy atom. The summed E-state index contributed by atoms with van der Waals surface area (Å²) in [4.78, 5) is 4.92. The van der Waals surface area contributed by atoms with Crippen molar-refractivity contribution < 1.29 is 4.74 Å². The molecule has 1 aliphatic heterocycles. The predicted octanol–water partition coefficient (Wildman–Crippen LogP) is 5.80. The molecule has 0 radical (unpaired) electrons. The average molecular weight is 365 g/mol. The molecule has 0 unspecified atom stereocenters. The second-order valence-corrected chi connectivity index (χ2v) is 14.0. The van der Waals surface area contributed by atoms with E-state index in [-0.39, 0.29) is 0 Å². The summed E-state index contributed by atoms with van der Waals surface area (Å²) in [5, 5.41) is 2.47.